The van der Waals surface area contributed by atoms with Crippen LogP contribution < -0.4 is 16.6 Å². The van der Waals surface area contributed by atoms with Crippen molar-refractivity contribution in [3.63, 3.8) is 0 Å². The summed E-state index contributed by atoms with van der Waals surface area (Å²) in [6.45, 7) is 2.02. The largest absolute Gasteiger partial charge is 0.327 e. The summed E-state index contributed by atoms with van der Waals surface area (Å²) in [6, 6.07) is 8.86. The summed E-state index contributed by atoms with van der Waals surface area (Å²) in [5.74, 6) is -0.625. The molecule has 2 aromatic rings. The average molecular weight is 303 g/mol. The number of hydrogen-bond donors (Lipinski definition) is 2. The molecule has 0 aliphatic heterocycles. The fourth-order valence-corrected chi connectivity index (χ4v) is 2.04. The van der Waals surface area contributed by atoms with Crippen molar-refractivity contribution in [1.82, 2.24) is 4.57 Å². The molecule has 6 heteroatoms. The van der Waals surface area contributed by atoms with Crippen molar-refractivity contribution in [1.29, 1.82) is 0 Å². The van der Waals surface area contributed by atoms with Gasteiger partial charge in [0.25, 0.3) is 5.56 Å². The zero-order valence-corrected chi connectivity index (χ0v) is 12.3. The Morgan fingerprint density at radius 3 is 2.64 bits per heavy atom. The van der Waals surface area contributed by atoms with E-state index in [9.17, 15) is 14.0 Å². The fourth-order valence-electron chi connectivity index (χ4n) is 2.04. The normalized spacial score (nSPS) is 12.0. The number of halogens is 1. The first-order valence-corrected chi connectivity index (χ1v) is 6.95. The van der Waals surface area contributed by atoms with Gasteiger partial charge in [0.2, 0.25) is 5.91 Å². The van der Waals surface area contributed by atoms with Gasteiger partial charge in [-0.15, -0.1) is 0 Å². The number of amides is 1. The van der Waals surface area contributed by atoms with Gasteiger partial charge in [0.05, 0.1) is 6.54 Å². The molecule has 0 spiro atoms. The van der Waals surface area contributed by atoms with Gasteiger partial charge in [0.15, 0.2) is 0 Å². The third kappa shape index (κ3) is 4.26. The van der Waals surface area contributed by atoms with Crippen molar-refractivity contribution in [3.8, 4) is 0 Å². The molecule has 1 aromatic carbocycles. The molecule has 1 aromatic heterocycles. The quantitative estimate of drug-likeness (QED) is 0.883. The summed E-state index contributed by atoms with van der Waals surface area (Å²) in [5, 5.41) is 2.56. The number of carbonyl (C=O) groups excluding carboxylic acids is 1. The van der Waals surface area contributed by atoms with Gasteiger partial charge in [0.1, 0.15) is 11.5 Å². The van der Waals surface area contributed by atoms with Gasteiger partial charge >= 0.3 is 0 Å². The molecular formula is C16H18FN3O2. The topological polar surface area (TPSA) is 77.1 Å². The van der Waals surface area contributed by atoms with Gasteiger partial charge in [-0.1, -0.05) is 12.1 Å². The number of rotatable bonds is 5. The van der Waals surface area contributed by atoms with Crippen LogP contribution in [-0.2, 0) is 11.3 Å². The van der Waals surface area contributed by atoms with Crippen LogP contribution in [0.1, 0.15) is 18.9 Å². The molecule has 0 radical (unpaired) electrons. The number of carbonyl (C=O) groups is 1. The lowest BCUT2D eigenvalue weighted by atomic mass is 10.2. The maximum atomic E-state index is 12.9. The monoisotopic (exact) mass is 303 g/mol. The lowest BCUT2D eigenvalue weighted by Gasteiger charge is -2.10. The predicted octanol–water partition coefficient (Wildman–Crippen LogP) is 1.71. The lowest BCUT2D eigenvalue weighted by molar-refractivity contribution is -0.116. The minimum atomic E-state index is -0.326. The molecule has 0 fully saturated rings. The number of benzene rings is 1. The highest BCUT2D eigenvalue weighted by molar-refractivity contribution is 5.90. The first kappa shape index (κ1) is 15.9. The molecule has 0 aliphatic carbocycles. The lowest BCUT2D eigenvalue weighted by Crippen LogP contribution is -2.29. The van der Waals surface area contributed by atoms with Crippen LogP contribution in [-0.4, -0.2) is 16.5 Å². The van der Waals surface area contributed by atoms with E-state index in [4.69, 9.17) is 5.73 Å². The Kier molecular flexibility index (Phi) is 5.06. The van der Waals surface area contributed by atoms with Crippen molar-refractivity contribution in [2.75, 3.05) is 5.32 Å². The third-order valence-corrected chi connectivity index (χ3v) is 3.07. The van der Waals surface area contributed by atoms with Crippen LogP contribution in [0.15, 0.2) is 47.4 Å². The van der Waals surface area contributed by atoms with Crippen molar-refractivity contribution in [2.24, 2.45) is 5.73 Å². The van der Waals surface area contributed by atoms with E-state index >= 15 is 0 Å². The van der Waals surface area contributed by atoms with Crippen LogP contribution in [0.4, 0.5) is 10.1 Å². The molecule has 1 atom stereocenters. The van der Waals surface area contributed by atoms with Crippen molar-refractivity contribution in [2.45, 2.75) is 25.9 Å². The average Bonchev–Trinajstić information content (AvgIpc) is 2.45. The highest BCUT2D eigenvalue weighted by atomic mass is 19.1. The molecule has 5 nitrogen and oxygen atoms in total. The Bertz CT molecular complexity index is 708. The third-order valence-electron chi connectivity index (χ3n) is 3.07. The maximum Gasteiger partial charge on any atom is 0.274 e. The van der Waals surface area contributed by atoms with E-state index in [1.165, 1.54) is 16.7 Å². The van der Waals surface area contributed by atoms with E-state index in [2.05, 4.69) is 5.32 Å². The van der Waals surface area contributed by atoms with E-state index in [0.717, 1.165) is 5.56 Å². The molecule has 1 unspecified atom stereocenters. The molecule has 1 heterocycles. The van der Waals surface area contributed by atoms with Crippen LogP contribution >= 0.6 is 0 Å². The number of anilines is 1. The minimum absolute atomic E-state index is 0.145. The second-order valence-corrected chi connectivity index (χ2v) is 5.21. The number of nitrogens with one attached hydrogen (secondary N) is 1. The molecule has 0 saturated heterocycles. The van der Waals surface area contributed by atoms with E-state index in [0.29, 0.717) is 6.54 Å². The molecule has 2 rings (SSSR count). The Morgan fingerprint density at radius 2 is 2.00 bits per heavy atom. The molecular weight excluding hydrogens is 285 g/mol. The summed E-state index contributed by atoms with van der Waals surface area (Å²) in [7, 11) is 0. The zero-order chi connectivity index (χ0) is 16.1. The molecule has 22 heavy (non-hydrogen) atoms. The summed E-state index contributed by atoms with van der Waals surface area (Å²) in [4.78, 5) is 24.0. The van der Waals surface area contributed by atoms with Crippen molar-refractivity contribution in [3.05, 3.63) is 64.3 Å². The van der Waals surface area contributed by atoms with Crippen molar-refractivity contribution >= 4 is 11.6 Å². The number of hydrogen-bond acceptors (Lipinski definition) is 3. The van der Waals surface area contributed by atoms with E-state index in [-0.39, 0.29) is 35.4 Å². The standard InChI is InChI=1S/C16H18FN3O2/c1-11(18)9-15(21)19-14-3-2-8-20(16(14)22)10-12-4-6-13(17)7-5-12/h2-8,11H,9-10,18H2,1H3,(H,19,21). The van der Waals surface area contributed by atoms with Gasteiger partial charge in [-0.2, -0.15) is 0 Å². The van der Waals surface area contributed by atoms with E-state index in [1.54, 1.807) is 37.4 Å². The van der Waals surface area contributed by atoms with Gasteiger partial charge in [-0.25, -0.2) is 4.39 Å². The number of aromatic nitrogens is 1. The highest BCUT2D eigenvalue weighted by Gasteiger charge is 2.09. The summed E-state index contributed by atoms with van der Waals surface area (Å²) >= 11 is 0. The molecule has 0 bridgehead atoms. The zero-order valence-electron chi connectivity index (χ0n) is 12.3. The van der Waals surface area contributed by atoms with Gasteiger partial charge in [-0.3, -0.25) is 9.59 Å². The Labute approximate surface area is 127 Å². The molecule has 0 saturated carbocycles. The summed E-state index contributed by atoms with van der Waals surface area (Å²) < 4.78 is 14.3. The first-order valence-electron chi connectivity index (χ1n) is 6.95. The predicted molar refractivity (Wildman–Crippen MR) is 83.1 cm³/mol. The summed E-state index contributed by atoms with van der Waals surface area (Å²) in [5.41, 5.74) is 6.24. The van der Waals surface area contributed by atoms with Gasteiger partial charge < -0.3 is 15.6 Å². The number of nitrogens with two attached hydrogens (primary N) is 1. The number of nitrogens with zero attached hydrogens (tertiary/aromatic N) is 1. The van der Waals surface area contributed by atoms with E-state index < -0.39 is 0 Å². The smallest absolute Gasteiger partial charge is 0.274 e. The molecule has 3 N–H and O–H groups in total. The van der Waals surface area contributed by atoms with Gasteiger partial charge in [0, 0.05) is 18.7 Å². The molecule has 1 amide bonds. The molecule has 116 valence electrons. The first-order chi connectivity index (χ1) is 10.5. The Hall–Kier alpha value is -2.47. The van der Waals surface area contributed by atoms with Gasteiger partial charge in [-0.05, 0) is 36.8 Å². The minimum Gasteiger partial charge on any atom is -0.327 e. The SMILES string of the molecule is CC(N)CC(=O)Nc1cccn(Cc2ccc(F)cc2)c1=O. The second-order valence-electron chi connectivity index (χ2n) is 5.21. The summed E-state index contributed by atoms with van der Waals surface area (Å²) in [6.07, 6.45) is 1.76. The van der Waals surface area contributed by atoms with Crippen molar-refractivity contribution < 1.29 is 9.18 Å². The van der Waals surface area contributed by atoms with Crippen LogP contribution in [0.3, 0.4) is 0 Å². The van der Waals surface area contributed by atoms with Crippen LogP contribution in [0.5, 0.6) is 0 Å². The Morgan fingerprint density at radius 1 is 1.32 bits per heavy atom. The van der Waals surface area contributed by atoms with Crippen LogP contribution in [0, 0.1) is 5.82 Å². The Balaban J connectivity index is 2.17. The highest BCUT2D eigenvalue weighted by Crippen LogP contribution is 2.06. The fraction of sp³-hybridized carbons (Fsp3) is 0.250. The second kappa shape index (κ2) is 7.00. The van der Waals surface area contributed by atoms with E-state index in [1.807, 2.05) is 0 Å². The maximum absolute atomic E-state index is 12.9. The van der Waals surface area contributed by atoms with Crippen LogP contribution in [0.2, 0.25) is 0 Å². The van der Waals surface area contributed by atoms with Crippen LogP contribution in [0.25, 0.3) is 0 Å². The number of pyridine rings is 1. The molecule has 0 aliphatic rings.